The van der Waals surface area contributed by atoms with E-state index in [1.807, 2.05) is 62.9 Å². The molecule has 1 atom stereocenters. The van der Waals surface area contributed by atoms with Gasteiger partial charge in [0.15, 0.2) is 0 Å². The molecule has 1 rings (SSSR count). The second kappa shape index (κ2) is 7.41. The van der Waals surface area contributed by atoms with E-state index in [1.54, 1.807) is 0 Å². The van der Waals surface area contributed by atoms with Crippen molar-refractivity contribution in [3.05, 3.63) is 30.3 Å². The topological polar surface area (TPSA) is 58.4 Å². The quantitative estimate of drug-likeness (QED) is 0.793. The summed E-state index contributed by atoms with van der Waals surface area (Å²) in [6.45, 7) is 8.43. The zero-order valence-corrected chi connectivity index (χ0v) is 14.0. The van der Waals surface area contributed by atoms with Gasteiger partial charge in [0.25, 0.3) is 0 Å². The van der Waals surface area contributed by atoms with Crippen LogP contribution in [-0.2, 0) is 4.79 Å². The first-order chi connectivity index (χ1) is 9.70. The molecule has 4 nitrogen and oxygen atoms in total. The van der Waals surface area contributed by atoms with E-state index in [1.165, 1.54) is 0 Å². The van der Waals surface area contributed by atoms with Crippen molar-refractivity contribution in [2.45, 2.75) is 45.7 Å². The van der Waals surface area contributed by atoms with Crippen LogP contribution in [0.15, 0.2) is 30.3 Å². The number of hydrogen-bond donors (Lipinski definition) is 2. The molecule has 0 aliphatic heterocycles. The number of benzene rings is 1. The molecule has 1 aromatic rings. The highest BCUT2D eigenvalue weighted by atomic mass is 32.1. The summed E-state index contributed by atoms with van der Waals surface area (Å²) in [5.74, 6) is -0.00528. The molecule has 1 amide bonds. The fourth-order valence-electron chi connectivity index (χ4n) is 2.01. The van der Waals surface area contributed by atoms with Gasteiger partial charge in [0, 0.05) is 24.2 Å². The number of amides is 1. The van der Waals surface area contributed by atoms with E-state index < -0.39 is 0 Å². The Bertz CT molecular complexity index is 482. The first kappa shape index (κ1) is 17.4. The molecule has 3 N–H and O–H groups in total. The van der Waals surface area contributed by atoms with Gasteiger partial charge in [-0.05, 0) is 39.8 Å². The second-order valence-electron chi connectivity index (χ2n) is 6.16. The molecule has 0 aromatic heterocycles. The van der Waals surface area contributed by atoms with Crippen molar-refractivity contribution in [1.82, 2.24) is 5.32 Å². The maximum Gasteiger partial charge on any atom is 0.242 e. The zero-order valence-electron chi connectivity index (χ0n) is 13.2. The van der Waals surface area contributed by atoms with Crippen LogP contribution >= 0.6 is 12.2 Å². The van der Waals surface area contributed by atoms with Gasteiger partial charge in [-0.15, -0.1) is 0 Å². The van der Waals surface area contributed by atoms with Crippen molar-refractivity contribution in [1.29, 1.82) is 0 Å². The number of rotatable bonds is 6. The number of carbonyl (C=O) groups is 1. The third kappa shape index (κ3) is 6.12. The maximum absolute atomic E-state index is 12.4. The van der Waals surface area contributed by atoms with Crippen molar-refractivity contribution in [3.63, 3.8) is 0 Å². The number of carbonyl (C=O) groups excluding carboxylic acids is 1. The van der Waals surface area contributed by atoms with Gasteiger partial charge in [-0.1, -0.05) is 30.4 Å². The molecular formula is C16H25N3OS. The molecule has 5 heteroatoms. The predicted molar refractivity (Wildman–Crippen MR) is 92.5 cm³/mol. The average Bonchev–Trinajstić information content (AvgIpc) is 2.37. The predicted octanol–water partition coefficient (Wildman–Crippen LogP) is 2.47. The molecule has 0 bridgehead atoms. The minimum atomic E-state index is -0.291. The number of hydrogen-bond acceptors (Lipinski definition) is 3. The molecule has 21 heavy (non-hydrogen) atoms. The molecule has 0 fully saturated rings. The van der Waals surface area contributed by atoms with Gasteiger partial charge in [0.05, 0.1) is 4.99 Å². The minimum absolute atomic E-state index is 0.00528. The Balaban J connectivity index is 2.90. The van der Waals surface area contributed by atoms with Gasteiger partial charge in [-0.25, -0.2) is 0 Å². The van der Waals surface area contributed by atoms with Crippen LogP contribution in [-0.4, -0.2) is 29.0 Å². The molecule has 1 unspecified atom stereocenters. The number of nitrogens with zero attached hydrogens (tertiary/aromatic N) is 1. The lowest BCUT2D eigenvalue weighted by atomic mass is 10.1. The van der Waals surface area contributed by atoms with Crippen LogP contribution in [0.5, 0.6) is 0 Å². The van der Waals surface area contributed by atoms with E-state index in [-0.39, 0.29) is 17.5 Å². The van der Waals surface area contributed by atoms with Gasteiger partial charge < -0.3 is 16.0 Å². The molecule has 116 valence electrons. The molecular weight excluding hydrogens is 282 g/mol. The monoisotopic (exact) mass is 307 g/mol. The lowest BCUT2D eigenvalue weighted by molar-refractivity contribution is -0.123. The lowest BCUT2D eigenvalue weighted by Gasteiger charge is -2.32. The van der Waals surface area contributed by atoms with Crippen LogP contribution in [0.2, 0.25) is 0 Å². The Morgan fingerprint density at radius 2 is 1.90 bits per heavy atom. The molecule has 0 aliphatic carbocycles. The average molecular weight is 307 g/mol. The smallest absolute Gasteiger partial charge is 0.242 e. The van der Waals surface area contributed by atoms with Crippen LogP contribution in [0.4, 0.5) is 5.69 Å². The Morgan fingerprint density at radius 3 is 2.38 bits per heavy atom. The van der Waals surface area contributed by atoms with E-state index in [2.05, 4.69) is 5.32 Å². The molecule has 0 saturated carbocycles. The molecule has 0 spiro atoms. The highest BCUT2D eigenvalue weighted by Crippen LogP contribution is 2.17. The standard InChI is InChI=1S/C16H25N3OS/c1-12(15(20)18-16(2,3)4)19(11-10-14(17)21)13-8-6-5-7-9-13/h5-9,12H,10-11H2,1-4H3,(H2,17,21)(H,18,20). The van der Waals surface area contributed by atoms with Gasteiger partial charge >= 0.3 is 0 Å². The van der Waals surface area contributed by atoms with Crippen LogP contribution < -0.4 is 16.0 Å². The van der Waals surface area contributed by atoms with Gasteiger partial charge in [-0.2, -0.15) is 0 Å². The minimum Gasteiger partial charge on any atom is -0.393 e. The summed E-state index contributed by atoms with van der Waals surface area (Å²) in [5, 5.41) is 3.01. The molecule has 0 heterocycles. The van der Waals surface area contributed by atoms with E-state index in [0.29, 0.717) is 18.0 Å². The highest BCUT2D eigenvalue weighted by Gasteiger charge is 2.24. The maximum atomic E-state index is 12.4. The number of nitrogens with one attached hydrogen (secondary N) is 1. The van der Waals surface area contributed by atoms with Crippen molar-refractivity contribution in [3.8, 4) is 0 Å². The molecule has 0 radical (unpaired) electrons. The van der Waals surface area contributed by atoms with Crippen molar-refractivity contribution in [2.75, 3.05) is 11.4 Å². The first-order valence-electron chi connectivity index (χ1n) is 7.13. The third-order valence-electron chi connectivity index (χ3n) is 3.03. The largest absolute Gasteiger partial charge is 0.393 e. The number of nitrogens with two attached hydrogens (primary N) is 1. The van der Waals surface area contributed by atoms with Crippen LogP contribution in [0.1, 0.15) is 34.1 Å². The molecule has 1 aromatic carbocycles. The van der Waals surface area contributed by atoms with Crippen LogP contribution in [0.25, 0.3) is 0 Å². The zero-order chi connectivity index (χ0) is 16.0. The normalized spacial score (nSPS) is 12.6. The Labute approximate surface area is 132 Å². The number of thiocarbonyl (C=S) groups is 1. The van der Waals surface area contributed by atoms with Gasteiger partial charge in [-0.3, -0.25) is 4.79 Å². The fourth-order valence-corrected chi connectivity index (χ4v) is 2.10. The summed E-state index contributed by atoms with van der Waals surface area (Å²) in [7, 11) is 0. The van der Waals surface area contributed by atoms with Crippen molar-refractivity contribution >= 4 is 28.8 Å². The summed E-state index contributed by atoms with van der Waals surface area (Å²) in [6, 6.07) is 9.55. The Kier molecular flexibility index (Phi) is 6.15. The van der Waals surface area contributed by atoms with Gasteiger partial charge in [0.1, 0.15) is 6.04 Å². The third-order valence-corrected chi connectivity index (χ3v) is 3.24. The van der Waals surface area contributed by atoms with E-state index in [0.717, 1.165) is 5.69 Å². The summed E-state index contributed by atoms with van der Waals surface area (Å²) < 4.78 is 0. The fraction of sp³-hybridized carbons (Fsp3) is 0.500. The van der Waals surface area contributed by atoms with E-state index >= 15 is 0 Å². The highest BCUT2D eigenvalue weighted by molar-refractivity contribution is 7.80. The summed E-state index contributed by atoms with van der Waals surface area (Å²) in [4.78, 5) is 14.9. The van der Waals surface area contributed by atoms with Crippen molar-refractivity contribution < 1.29 is 4.79 Å². The van der Waals surface area contributed by atoms with Crippen LogP contribution in [0.3, 0.4) is 0 Å². The Hall–Kier alpha value is -1.62. The summed E-state index contributed by atoms with van der Waals surface area (Å²) in [5.41, 5.74) is 6.34. The lowest BCUT2D eigenvalue weighted by Crippen LogP contribution is -2.51. The number of anilines is 1. The van der Waals surface area contributed by atoms with E-state index in [9.17, 15) is 4.79 Å². The second-order valence-corrected chi connectivity index (χ2v) is 6.68. The van der Waals surface area contributed by atoms with Gasteiger partial charge in [0.2, 0.25) is 5.91 Å². The Morgan fingerprint density at radius 1 is 1.33 bits per heavy atom. The van der Waals surface area contributed by atoms with Crippen molar-refractivity contribution in [2.24, 2.45) is 5.73 Å². The SMILES string of the molecule is CC(C(=O)NC(C)(C)C)N(CCC(N)=S)c1ccccc1. The molecule has 0 saturated heterocycles. The molecule has 0 aliphatic rings. The van der Waals surface area contributed by atoms with E-state index in [4.69, 9.17) is 18.0 Å². The number of para-hydroxylation sites is 1. The summed E-state index contributed by atoms with van der Waals surface area (Å²) >= 11 is 4.95. The van der Waals surface area contributed by atoms with Crippen LogP contribution in [0, 0.1) is 0 Å². The summed E-state index contributed by atoms with van der Waals surface area (Å²) in [6.07, 6.45) is 0.581. The first-order valence-corrected chi connectivity index (χ1v) is 7.53.